The van der Waals surface area contributed by atoms with Crippen LogP contribution in [0, 0.1) is 0 Å². The highest BCUT2D eigenvalue weighted by molar-refractivity contribution is 6.40. The molecule has 34 heavy (non-hydrogen) atoms. The Kier molecular flexibility index (Phi) is 8.12. The molecule has 3 aromatic rings. The maximum absolute atomic E-state index is 12.3. The number of carbonyl (C=O) groups is 4. The summed E-state index contributed by atoms with van der Waals surface area (Å²) in [7, 11) is 0. The fourth-order valence-electron chi connectivity index (χ4n) is 3.22. The van der Waals surface area contributed by atoms with Crippen LogP contribution in [0.25, 0.3) is 0 Å². The number of rotatable bonds is 6. The minimum absolute atomic E-state index is 0.295. The van der Waals surface area contributed by atoms with Gasteiger partial charge in [-0.2, -0.15) is 0 Å². The smallest absolute Gasteiger partial charge is 0.313 e. The van der Waals surface area contributed by atoms with Crippen molar-refractivity contribution in [2.45, 2.75) is 25.9 Å². The highest BCUT2D eigenvalue weighted by atomic mass is 16.2. The van der Waals surface area contributed by atoms with Crippen LogP contribution < -0.4 is 21.3 Å². The molecule has 0 aromatic heterocycles. The lowest BCUT2D eigenvalue weighted by Gasteiger charge is -2.15. The number of hydrogen-bond donors (Lipinski definition) is 4. The van der Waals surface area contributed by atoms with Gasteiger partial charge in [-0.15, -0.1) is 0 Å². The van der Waals surface area contributed by atoms with Crippen molar-refractivity contribution in [2.24, 2.45) is 0 Å². The number of anilines is 2. The van der Waals surface area contributed by atoms with Gasteiger partial charge in [0.25, 0.3) is 0 Å². The SMILES string of the molecule is C[C@H](NC(=O)C(=O)Nc1cccc(NC(=O)C(=O)N[C@H](C)c2ccccc2)c1)c1ccccc1. The van der Waals surface area contributed by atoms with Crippen molar-refractivity contribution in [1.29, 1.82) is 0 Å². The number of carbonyl (C=O) groups excluding carboxylic acids is 4. The number of nitrogens with one attached hydrogen (secondary N) is 4. The van der Waals surface area contributed by atoms with E-state index in [2.05, 4.69) is 21.3 Å². The summed E-state index contributed by atoms with van der Waals surface area (Å²) in [6.45, 7) is 3.56. The minimum atomic E-state index is -0.847. The molecular formula is C26H26N4O4. The first-order valence-electron chi connectivity index (χ1n) is 10.8. The third-order valence-electron chi connectivity index (χ3n) is 5.09. The Morgan fingerprint density at radius 3 is 1.29 bits per heavy atom. The zero-order valence-corrected chi connectivity index (χ0v) is 18.9. The van der Waals surface area contributed by atoms with Gasteiger partial charge in [-0.25, -0.2) is 0 Å². The van der Waals surface area contributed by atoms with Crippen LogP contribution in [0.4, 0.5) is 11.4 Å². The average Bonchev–Trinajstić information content (AvgIpc) is 2.85. The highest BCUT2D eigenvalue weighted by Gasteiger charge is 2.19. The molecule has 0 aliphatic heterocycles. The molecule has 2 atom stereocenters. The molecule has 3 aromatic carbocycles. The van der Waals surface area contributed by atoms with Gasteiger partial charge >= 0.3 is 23.6 Å². The molecule has 0 saturated heterocycles. The molecule has 0 fully saturated rings. The molecular weight excluding hydrogens is 432 g/mol. The Labute approximate surface area is 197 Å². The quantitative estimate of drug-likeness (QED) is 0.424. The highest BCUT2D eigenvalue weighted by Crippen LogP contribution is 2.16. The van der Waals surface area contributed by atoms with Gasteiger partial charge in [0.15, 0.2) is 0 Å². The van der Waals surface area contributed by atoms with Gasteiger partial charge in [0, 0.05) is 11.4 Å². The molecule has 3 rings (SSSR count). The van der Waals surface area contributed by atoms with Crippen molar-refractivity contribution in [1.82, 2.24) is 10.6 Å². The van der Waals surface area contributed by atoms with E-state index >= 15 is 0 Å². The zero-order chi connectivity index (χ0) is 24.5. The second kappa shape index (κ2) is 11.4. The van der Waals surface area contributed by atoms with E-state index in [0.29, 0.717) is 11.4 Å². The molecule has 0 aliphatic carbocycles. The van der Waals surface area contributed by atoms with E-state index in [-0.39, 0.29) is 12.1 Å². The lowest BCUT2D eigenvalue weighted by atomic mass is 10.1. The molecule has 0 saturated carbocycles. The molecule has 0 heterocycles. The fraction of sp³-hybridized carbons (Fsp3) is 0.154. The molecule has 0 spiro atoms. The molecule has 8 nitrogen and oxygen atoms in total. The third-order valence-corrected chi connectivity index (χ3v) is 5.09. The first-order chi connectivity index (χ1) is 16.3. The van der Waals surface area contributed by atoms with E-state index in [9.17, 15) is 19.2 Å². The van der Waals surface area contributed by atoms with Gasteiger partial charge in [0.05, 0.1) is 12.1 Å². The predicted molar refractivity (Wildman–Crippen MR) is 130 cm³/mol. The van der Waals surface area contributed by atoms with Crippen molar-refractivity contribution >= 4 is 35.0 Å². The van der Waals surface area contributed by atoms with Crippen LogP contribution in [0.1, 0.15) is 37.1 Å². The van der Waals surface area contributed by atoms with Crippen LogP contribution in [0.3, 0.4) is 0 Å². The summed E-state index contributed by atoms with van der Waals surface area (Å²) in [5, 5.41) is 10.3. The average molecular weight is 459 g/mol. The fourth-order valence-corrected chi connectivity index (χ4v) is 3.22. The van der Waals surface area contributed by atoms with E-state index < -0.39 is 23.6 Å². The number of hydrogen-bond acceptors (Lipinski definition) is 4. The van der Waals surface area contributed by atoms with Crippen molar-refractivity contribution < 1.29 is 19.2 Å². The number of amides is 4. The van der Waals surface area contributed by atoms with Crippen LogP contribution >= 0.6 is 0 Å². The lowest BCUT2D eigenvalue weighted by molar-refractivity contribution is -0.136. The Morgan fingerprint density at radius 2 is 0.912 bits per heavy atom. The van der Waals surface area contributed by atoms with Gasteiger partial charge in [-0.3, -0.25) is 19.2 Å². The summed E-state index contributed by atoms with van der Waals surface area (Å²) in [6.07, 6.45) is 0. The summed E-state index contributed by atoms with van der Waals surface area (Å²) in [5.41, 5.74) is 2.33. The van der Waals surface area contributed by atoms with Crippen LogP contribution in [-0.2, 0) is 19.2 Å². The molecule has 4 N–H and O–H groups in total. The van der Waals surface area contributed by atoms with Gasteiger partial charge in [0.2, 0.25) is 0 Å². The van der Waals surface area contributed by atoms with Crippen LogP contribution in [0.2, 0.25) is 0 Å². The summed E-state index contributed by atoms with van der Waals surface area (Å²) in [6, 6.07) is 24.0. The summed E-state index contributed by atoms with van der Waals surface area (Å²) in [5.74, 6) is -3.28. The Morgan fingerprint density at radius 1 is 0.529 bits per heavy atom. The standard InChI is InChI=1S/C26H26N4O4/c1-17(19-10-5-3-6-11-19)27-23(31)25(33)29-21-14-9-15-22(16-21)30-26(34)24(32)28-18(2)20-12-7-4-8-13-20/h3-18H,1-2H3,(H,27,31)(H,28,32)(H,29,33)(H,30,34)/t17-,18+. The second-order valence-corrected chi connectivity index (χ2v) is 7.70. The maximum atomic E-state index is 12.3. The minimum Gasteiger partial charge on any atom is -0.341 e. The first kappa shape index (κ1) is 24.2. The van der Waals surface area contributed by atoms with Gasteiger partial charge in [-0.1, -0.05) is 66.7 Å². The molecule has 0 aliphatic rings. The molecule has 174 valence electrons. The number of benzene rings is 3. The van der Waals surface area contributed by atoms with E-state index in [4.69, 9.17) is 0 Å². The Bertz CT molecular complexity index is 1080. The molecule has 0 unspecified atom stereocenters. The topological polar surface area (TPSA) is 116 Å². The molecule has 4 amide bonds. The van der Waals surface area contributed by atoms with Crippen molar-refractivity contribution in [3.05, 3.63) is 96.1 Å². The second-order valence-electron chi connectivity index (χ2n) is 7.70. The maximum Gasteiger partial charge on any atom is 0.313 e. The van der Waals surface area contributed by atoms with E-state index in [1.54, 1.807) is 32.0 Å². The monoisotopic (exact) mass is 458 g/mol. The van der Waals surface area contributed by atoms with E-state index in [1.807, 2.05) is 60.7 Å². The first-order valence-corrected chi connectivity index (χ1v) is 10.8. The van der Waals surface area contributed by atoms with Crippen LogP contribution in [0.15, 0.2) is 84.9 Å². The summed E-state index contributed by atoms with van der Waals surface area (Å²) < 4.78 is 0. The van der Waals surface area contributed by atoms with Gasteiger partial charge < -0.3 is 21.3 Å². The molecule has 0 radical (unpaired) electrons. The Hall–Kier alpha value is -4.46. The zero-order valence-electron chi connectivity index (χ0n) is 18.9. The van der Waals surface area contributed by atoms with Gasteiger partial charge in [0.1, 0.15) is 0 Å². The predicted octanol–water partition coefficient (Wildman–Crippen LogP) is 3.32. The van der Waals surface area contributed by atoms with Gasteiger partial charge in [-0.05, 0) is 43.2 Å². The van der Waals surface area contributed by atoms with Crippen molar-refractivity contribution in [3.63, 3.8) is 0 Å². The third kappa shape index (κ3) is 6.77. The lowest BCUT2D eigenvalue weighted by Crippen LogP contribution is -2.37. The largest absolute Gasteiger partial charge is 0.341 e. The molecule has 8 heteroatoms. The summed E-state index contributed by atoms with van der Waals surface area (Å²) in [4.78, 5) is 49.1. The van der Waals surface area contributed by atoms with Crippen LogP contribution in [-0.4, -0.2) is 23.6 Å². The van der Waals surface area contributed by atoms with Crippen LogP contribution in [0.5, 0.6) is 0 Å². The van der Waals surface area contributed by atoms with Crippen molar-refractivity contribution in [2.75, 3.05) is 10.6 Å². The Balaban J connectivity index is 1.54. The van der Waals surface area contributed by atoms with E-state index in [0.717, 1.165) is 11.1 Å². The normalized spacial score (nSPS) is 12.1. The molecule has 0 bridgehead atoms. The van der Waals surface area contributed by atoms with Crippen molar-refractivity contribution in [3.8, 4) is 0 Å². The van der Waals surface area contributed by atoms with E-state index in [1.165, 1.54) is 6.07 Å². The summed E-state index contributed by atoms with van der Waals surface area (Å²) >= 11 is 0.